The maximum atomic E-state index is 12.6. The van der Waals surface area contributed by atoms with Crippen molar-refractivity contribution in [3.05, 3.63) is 21.7 Å². The first-order valence-corrected chi connectivity index (χ1v) is 10.9. The van der Waals surface area contributed by atoms with Gasteiger partial charge in [-0.05, 0) is 44.9 Å². The van der Waals surface area contributed by atoms with Gasteiger partial charge in [0.1, 0.15) is 5.03 Å². The number of fused-ring (bicyclic) bond motifs is 1. The van der Waals surface area contributed by atoms with E-state index in [-0.39, 0.29) is 17.7 Å². The molecule has 3 aliphatic rings. The van der Waals surface area contributed by atoms with Gasteiger partial charge in [0.2, 0.25) is 5.91 Å². The smallest absolute Gasteiger partial charge is 0.348 e. The minimum atomic E-state index is -0.195. The maximum Gasteiger partial charge on any atom is 0.348 e. The zero-order valence-electron chi connectivity index (χ0n) is 15.2. The Morgan fingerprint density at radius 2 is 2.04 bits per heavy atom. The van der Waals surface area contributed by atoms with E-state index >= 15 is 0 Å². The van der Waals surface area contributed by atoms with Crippen molar-refractivity contribution in [2.24, 2.45) is 0 Å². The topological polar surface area (TPSA) is 73.2 Å². The molecule has 1 atom stereocenters. The lowest BCUT2D eigenvalue weighted by Crippen LogP contribution is -2.34. The molecule has 1 saturated heterocycles. The first-order valence-electron chi connectivity index (χ1n) is 9.87. The average molecular weight is 378 g/mol. The van der Waals surface area contributed by atoms with E-state index < -0.39 is 0 Å². The van der Waals surface area contributed by atoms with Gasteiger partial charge >= 0.3 is 5.69 Å². The summed E-state index contributed by atoms with van der Waals surface area (Å²) in [5.41, 5.74) is 2.08. The van der Waals surface area contributed by atoms with Gasteiger partial charge in [-0.25, -0.2) is 4.79 Å². The number of ether oxygens (including phenoxy) is 1. The van der Waals surface area contributed by atoms with E-state index in [0.29, 0.717) is 18.3 Å². The number of nitrogens with one attached hydrogen (secondary N) is 1. The van der Waals surface area contributed by atoms with Crippen molar-refractivity contribution in [2.75, 3.05) is 12.4 Å². The molecule has 0 spiro atoms. The normalized spacial score (nSPS) is 22.7. The first-order chi connectivity index (χ1) is 12.7. The highest BCUT2D eigenvalue weighted by Gasteiger charge is 2.25. The molecule has 1 amide bonds. The number of hydrogen-bond donors (Lipinski definition) is 1. The Morgan fingerprint density at radius 1 is 1.19 bits per heavy atom. The Bertz CT molecular complexity index is 721. The number of carbonyl (C=O) groups excluding carboxylic acids is 1. The molecule has 0 radical (unpaired) electrons. The summed E-state index contributed by atoms with van der Waals surface area (Å²) in [6.07, 6.45) is 9.71. The molecule has 1 saturated carbocycles. The predicted octanol–water partition coefficient (Wildman–Crippen LogP) is 2.06. The van der Waals surface area contributed by atoms with Crippen molar-refractivity contribution in [1.82, 2.24) is 14.9 Å². The molecule has 2 fully saturated rings. The minimum Gasteiger partial charge on any atom is -0.376 e. The van der Waals surface area contributed by atoms with Crippen LogP contribution in [0.5, 0.6) is 0 Å². The van der Waals surface area contributed by atoms with Crippen molar-refractivity contribution >= 4 is 17.7 Å². The maximum absolute atomic E-state index is 12.6. The zero-order chi connectivity index (χ0) is 17.9. The third-order valence-electron chi connectivity index (χ3n) is 5.67. The molecule has 7 heteroatoms. The van der Waals surface area contributed by atoms with E-state index in [2.05, 4.69) is 10.3 Å². The second-order valence-corrected chi connectivity index (χ2v) is 8.53. The molecule has 6 nitrogen and oxygen atoms in total. The van der Waals surface area contributed by atoms with Gasteiger partial charge in [-0.1, -0.05) is 24.6 Å². The van der Waals surface area contributed by atoms with Crippen LogP contribution < -0.4 is 11.0 Å². The number of rotatable bonds is 6. The summed E-state index contributed by atoms with van der Waals surface area (Å²) in [5, 5.41) is 3.86. The third kappa shape index (κ3) is 3.98. The van der Waals surface area contributed by atoms with Crippen LogP contribution in [-0.4, -0.2) is 40.0 Å². The Hall–Kier alpha value is -1.34. The molecule has 2 heterocycles. The van der Waals surface area contributed by atoms with E-state index in [4.69, 9.17) is 4.74 Å². The van der Waals surface area contributed by atoms with Gasteiger partial charge < -0.3 is 10.1 Å². The van der Waals surface area contributed by atoms with Crippen LogP contribution in [0, 0.1) is 0 Å². The molecule has 0 bridgehead atoms. The quantitative estimate of drug-likeness (QED) is 0.607. The van der Waals surface area contributed by atoms with Crippen LogP contribution in [-0.2, 0) is 28.9 Å². The summed E-state index contributed by atoms with van der Waals surface area (Å²) in [7, 11) is 0. The molecular formula is C19H27N3O3S. The van der Waals surface area contributed by atoms with Gasteiger partial charge in [-0.2, -0.15) is 4.98 Å². The molecule has 4 rings (SSSR count). The number of thioether (sulfide) groups is 1. The molecule has 2 aliphatic carbocycles. The van der Waals surface area contributed by atoms with Crippen LogP contribution in [0.1, 0.15) is 56.2 Å². The van der Waals surface area contributed by atoms with Crippen LogP contribution in [0.4, 0.5) is 0 Å². The van der Waals surface area contributed by atoms with Crippen molar-refractivity contribution in [3.63, 3.8) is 0 Å². The Kier molecular flexibility index (Phi) is 5.64. The van der Waals surface area contributed by atoms with Crippen LogP contribution >= 0.6 is 11.8 Å². The fourth-order valence-corrected chi connectivity index (χ4v) is 5.25. The van der Waals surface area contributed by atoms with Crippen molar-refractivity contribution in [1.29, 1.82) is 0 Å². The highest BCUT2D eigenvalue weighted by molar-refractivity contribution is 7.99. The van der Waals surface area contributed by atoms with E-state index in [1.54, 1.807) is 0 Å². The summed E-state index contributed by atoms with van der Waals surface area (Å²) in [6.45, 7) is 1.40. The fraction of sp³-hybridized carbons (Fsp3) is 0.737. The largest absolute Gasteiger partial charge is 0.376 e. The van der Waals surface area contributed by atoms with Crippen LogP contribution in [0.2, 0.25) is 0 Å². The molecule has 0 aromatic carbocycles. The van der Waals surface area contributed by atoms with Gasteiger partial charge in [-0.15, -0.1) is 0 Å². The van der Waals surface area contributed by atoms with Crippen LogP contribution in [0.3, 0.4) is 0 Å². The lowest BCUT2D eigenvalue weighted by molar-refractivity contribution is -0.119. The predicted molar refractivity (Wildman–Crippen MR) is 101 cm³/mol. The first kappa shape index (κ1) is 18.0. The highest BCUT2D eigenvalue weighted by atomic mass is 32.2. The minimum absolute atomic E-state index is 0.0546. The summed E-state index contributed by atoms with van der Waals surface area (Å²) < 4.78 is 7.52. The monoisotopic (exact) mass is 377 g/mol. The van der Waals surface area contributed by atoms with Gasteiger partial charge in [0, 0.05) is 23.9 Å². The molecular weight excluding hydrogens is 350 g/mol. The summed E-state index contributed by atoms with van der Waals surface area (Å²) in [4.78, 5) is 29.1. The number of hydrogen-bond acceptors (Lipinski definition) is 5. The number of nitrogens with zero attached hydrogens (tertiary/aromatic N) is 2. The summed E-state index contributed by atoms with van der Waals surface area (Å²) >= 11 is 1.42. The SMILES string of the molecule is O=C(CSc1nc(=O)n(C[C@H]2CCCO2)c2c1CCC2)NC1CCCC1. The van der Waals surface area contributed by atoms with Gasteiger partial charge in [0.15, 0.2) is 0 Å². The van der Waals surface area contributed by atoms with Gasteiger partial charge in [-0.3, -0.25) is 9.36 Å². The molecule has 142 valence electrons. The average Bonchev–Trinajstić information content (AvgIpc) is 3.37. The molecule has 1 N–H and O–H groups in total. The number of aromatic nitrogens is 2. The van der Waals surface area contributed by atoms with Crippen molar-refractivity contribution in [2.45, 2.75) is 81.5 Å². The van der Waals surface area contributed by atoms with E-state index in [1.807, 2.05) is 4.57 Å². The van der Waals surface area contributed by atoms with Gasteiger partial charge in [0.25, 0.3) is 0 Å². The Morgan fingerprint density at radius 3 is 2.81 bits per heavy atom. The number of amides is 1. The zero-order valence-corrected chi connectivity index (χ0v) is 16.0. The van der Waals surface area contributed by atoms with Gasteiger partial charge in [0.05, 0.1) is 18.4 Å². The highest BCUT2D eigenvalue weighted by Crippen LogP contribution is 2.30. The standard InChI is InChI=1S/C19H27N3O3S/c23-17(20-13-5-1-2-6-13)12-26-18-15-8-3-9-16(15)22(19(24)21-18)11-14-7-4-10-25-14/h13-14H,1-12H2,(H,20,23)/t14-/m1/s1. The molecule has 1 aromatic heterocycles. The lowest BCUT2D eigenvalue weighted by atomic mass is 10.2. The second-order valence-electron chi connectivity index (χ2n) is 7.56. The van der Waals surface area contributed by atoms with Crippen molar-refractivity contribution < 1.29 is 9.53 Å². The molecule has 1 aromatic rings. The second kappa shape index (κ2) is 8.13. The Balaban J connectivity index is 1.45. The molecule has 1 aliphatic heterocycles. The van der Waals surface area contributed by atoms with E-state index in [0.717, 1.165) is 62.3 Å². The van der Waals surface area contributed by atoms with Crippen LogP contribution in [0.25, 0.3) is 0 Å². The molecule has 26 heavy (non-hydrogen) atoms. The third-order valence-corrected chi connectivity index (χ3v) is 6.69. The number of carbonyl (C=O) groups is 1. The fourth-order valence-electron chi connectivity index (χ4n) is 4.36. The molecule has 0 unspecified atom stereocenters. The summed E-state index contributed by atoms with van der Waals surface area (Å²) in [6, 6.07) is 0.334. The lowest BCUT2D eigenvalue weighted by Gasteiger charge is -2.17. The summed E-state index contributed by atoms with van der Waals surface area (Å²) in [5.74, 6) is 0.393. The van der Waals surface area contributed by atoms with Crippen molar-refractivity contribution in [3.8, 4) is 0 Å². The van der Waals surface area contributed by atoms with Crippen LogP contribution in [0.15, 0.2) is 9.82 Å². The Labute approximate surface area is 158 Å². The van der Waals surface area contributed by atoms with E-state index in [9.17, 15) is 9.59 Å². The van der Waals surface area contributed by atoms with E-state index in [1.165, 1.54) is 30.2 Å².